The van der Waals surface area contributed by atoms with Crippen LogP contribution in [0.25, 0.3) is 0 Å². The SMILES string of the molecule is O=C(OCc1cccc(F)c1)c1ccc(Br)c(S(=O)(=O)N2CCOCC2)c1. The first-order valence-corrected chi connectivity index (χ1v) is 10.4. The van der Waals surface area contributed by atoms with Crippen LogP contribution in [0, 0.1) is 5.82 Å². The topological polar surface area (TPSA) is 72.9 Å². The molecule has 0 aromatic heterocycles. The summed E-state index contributed by atoms with van der Waals surface area (Å²) in [5, 5.41) is 0. The van der Waals surface area contributed by atoms with Crippen LogP contribution in [0.5, 0.6) is 0 Å². The number of carbonyl (C=O) groups is 1. The molecule has 1 saturated heterocycles. The van der Waals surface area contributed by atoms with Crippen molar-refractivity contribution in [3.8, 4) is 0 Å². The number of hydrogen-bond acceptors (Lipinski definition) is 5. The number of sulfonamides is 1. The van der Waals surface area contributed by atoms with Gasteiger partial charge in [0.25, 0.3) is 0 Å². The minimum absolute atomic E-state index is 0.00962. The first-order chi connectivity index (χ1) is 12.9. The first-order valence-electron chi connectivity index (χ1n) is 8.17. The van der Waals surface area contributed by atoms with Crippen LogP contribution in [0.15, 0.2) is 51.8 Å². The molecule has 1 fully saturated rings. The second-order valence-corrected chi connectivity index (χ2v) is 8.63. The van der Waals surface area contributed by atoms with Crippen molar-refractivity contribution in [1.29, 1.82) is 0 Å². The maximum atomic E-state index is 13.2. The van der Waals surface area contributed by atoms with Gasteiger partial charge >= 0.3 is 5.97 Å². The predicted octanol–water partition coefficient (Wildman–Crippen LogP) is 2.97. The number of halogens is 2. The summed E-state index contributed by atoms with van der Waals surface area (Å²) in [5.41, 5.74) is 0.600. The number of carbonyl (C=O) groups excluding carboxylic acids is 1. The molecule has 0 amide bonds. The van der Waals surface area contributed by atoms with Crippen molar-refractivity contribution in [2.75, 3.05) is 26.3 Å². The molecule has 0 bridgehead atoms. The molecule has 9 heteroatoms. The number of benzene rings is 2. The lowest BCUT2D eigenvalue weighted by molar-refractivity contribution is 0.0472. The highest BCUT2D eigenvalue weighted by molar-refractivity contribution is 9.10. The second kappa shape index (κ2) is 8.47. The number of nitrogens with zero attached hydrogens (tertiary/aromatic N) is 1. The Labute approximate surface area is 165 Å². The molecule has 0 unspecified atom stereocenters. The minimum atomic E-state index is -3.77. The molecule has 1 aliphatic rings. The highest BCUT2D eigenvalue weighted by Gasteiger charge is 2.29. The van der Waals surface area contributed by atoms with Crippen LogP contribution in [-0.2, 0) is 26.1 Å². The van der Waals surface area contributed by atoms with Gasteiger partial charge in [-0.25, -0.2) is 17.6 Å². The van der Waals surface area contributed by atoms with Gasteiger partial charge in [-0.1, -0.05) is 12.1 Å². The maximum Gasteiger partial charge on any atom is 0.338 e. The van der Waals surface area contributed by atoms with E-state index < -0.39 is 21.8 Å². The summed E-state index contributed by atoms with van der Waals surface area (Å²) in [5.74, 6) is -1.11. The van der Waals surface area contributed by atoms with Crippen LogP contribution in [0.1, 0.15) is 15.9 Å². The van der Waals surface area contributed by atoms with Crippen LogP contribution < -0.4 is 0 Å². The van der Waals surface area contributed by atoms with E-state index >= 15 is 0 Å². The lowest BCUT2D eigenvalue weighted by Crippen LogP contribution is -2.40. The number of rotatable bonds is 5. The first kappa shape index (κ1) is 19.9. The number of esters is 1. The van der Waals surface area contributed by atoms with Gasteiger partial charge in [-0.2, -0.15) is 4.31 Å². The van der Waals surface area contributed by atoms with Crippen molar-refractivity contribution in [3.63, 3.8) is 0 Å². The van der Waals surface area contributed by atoms with E-state index in [4.69, 9.17) is 9.47 Å². The van der Waals surface area contributed by atoms with Crippen molar-refractivity contribution in [2.24, 2.45) is 0 Å². The Kier molecular flexibility index (Phi) is 6.25. The predicted molar refractivity (Wildman–Crippen MR) is 99.2 cm³/mol. The Balaban J connectivity index is 1.79. The van der Waals surface area contributed by atoms with Crippen LogP contribution in [0.2, 0.25) is 0 Å². The maximum absolute atomic E-state index is 13.2. The zero-order valence-electron chi connectivity index (χ0n) is 14.2. The molecule has 0 spiro atoms. The fraction of sp³-hybridized carbons (Fsp3) is 0.278. The Bertz CT molecular complexity index is 945. The molecular formula is C18H17BrFNO5S. The van der Waals surface area contributed by atoms with Crippen molar-refractivity contribution in [3.05, 3.63) is 63.9 Å². The third-order valence-electron chi connectivity index (χ3n) is 4.01. The van der Waals surface area contributed by atoms with Crippen LogP contribution >= 0.6 is 15.9 Å². The molecule has 0 saturated carbocycles. The van der Waals surface area contributed by atoms with E-state index in [0.29, 0.717) is 23.2 Å². The Morgan fingerprint density at radius 2 is 1.93 bits per heavy atom. The van der Waals surface area contributed by atoms with Crippen molar-refractivity contribution < 1.29 is 27.1 Å². The molecule has 1 aliphatic heterocycles. The molecule has 6 nitrogen and oxygen atoms in total. The lowest BCUT2D eigenvalue weighted by Gasteiger charge is -2.26. The van der Waals surface area contributed by atoms with Crippen LogP contribution in [-0.4, -0.2) is 45.0 Å². The number of hydrogen-bond donors (Lipinski definition) is 0. The minimum Gasteiger partial charge on any atom is -0.457 e. The summed E-state index contributed by atoms with van der Waals surface area (Å²) in [4.78, 5) is 12.3. The van der Waals surface area contributed by atoms with Gasteiger partial charge in [-0.15, -0.1) is 0 Å². The van der Waals surface area contributed by atoms with E-state index in [1.165, 1.54) is 40.7 Å². The third-order valence-corrected chi connectivity index (χ3v) is 6.91. The van der Waals surface area contributed by atoms with Gasteiger partial charge in [0, 0.05) is 17.6 Å². The van der Waals surface area contributed by atoms with Gasteiger partial charge in [0.15, 0.2) is 0 Å². The quantitative estimate of drug-likeness (QED) is 0.645. The summed E-state index contributed by atoms with van der Waals surface area (Å²) < 4.78 is 50.9. The van der Waals surface area contributed by atoms with E-state index in [1.807, 2.05) is 0 Å². The van der Waals surface area contributed by atoms with Gasteiger partial charge in [-0.05, 0) is 51.8 Å². The Morgan fingerprint density at radius 1 is 1.19 bits per heavy atom. The van der Waals surface area contributed by atoms with E-state index in [9.17, 15) is 17.6 Å². The summed E-state index contributed by atoms with van der Waals surface area (Å²) in [6.07, 6.45) is 0. The van der Waals surface area contributed by atoms with Crippen molar-refractivity contribution >= 4 is 31.9 Å². The largest absolute Gasteiger partial charge is 0.457 e. The molecular weight excluding hydrogens is 441 g/mol. The summed E-state index contributed by atoms with van der Waals surface area (Å²) in [6.45, 7) is 1.04. The van der Waals surface area contributed by atoms with Crippen molar-refractivity contribution in [1.82, 2.24) is 4.31 Å². The molecule has 3 rings (SSSR count). The van der Waals surface area contributed by atoms with E-state index in [0.717, 1.165) is 0 Å². The molecule has 2 aromatic rings. The normalized spacial score (nSPS) is 15.5. The number of morpholine rings is 1. The summed E-state index contributed by atoms with van der Waals surface area (Å²) in [7, 11) is -3.77. The third kappa shape index (κ3) is 4.73. The van der Waals surface area contributed by atoms with Crippen molar-refractivity contribution in [2.45, 2.75) is 11.5 Å². The van der Waals surface area contributed by atoms with Gasteiger partial charge in [-0.3, -0.25) is 0 Å². The Morgan fingerprint density at radius 3 is 2.63 bits per heavy atom. The average molecular weight is 458 g/mol. The summed E-state index contributed by atoms with van der Waals surface area (Å²) >= 11 is 3.23. The molecule has 0 aliphatic carbocycles. The standard InChI is InChI=1S/C18H17BrFNO5S/c19-16-5-4-14(18(22)26-12-13-2-1-3-15(20)10-13)11-17(16)27(23,24)21-6-8-25-9-7-21/h1-5,10-11H,6-9,12H2. The highest BCUT2D eigenvalue weighted by atomic mass is 79.9. The molecule has 1 heterocycles. The Hall–Kier alpha value is -1.81. The van der Waals surface area contributed by atoms with Gasteiger partial charge < -0.3 is 9.47 Å². The van der Waals surface area contributed by atoms with Crippen LogP contribution in [0.4, 0.5) is 4.39 Å². The lowest BCUT2D eigenvalue weighted by atomic mass is 10.2. The van der Waals surface area contributed by atoms with E-state index in [2.05, 4.69) is 15.9 Å². The summed E-state index contributed by atoms with van der Waals surface area (Å²) in [6, 6.07) is 9.95. The van der Waals surface area contributed by atoms with Gasteiger partial charge in [0.2, 0.25) is 10.0 Å². The van der Waals surface area contributed by atoms with E-state index in [-0.39, 0.29) is 30.2 Å². The monoisotopic (exact) mass is 457 g/mol. The highest BCUT2D eigenvalue weighted by Crippen LogP contribution is 2.27. The second-order valence-electron chi connectivity index (χ2n) is 5.87. The molecule has 0 N–H and O–H groups in total. The smallest absolute Gasteiger partial charge is 0.338 e. The fourth-order valence-corrected chi connectivity index (χ4v) is 4.97. The molecule has 0 atom stereocenters. The van der Waals surface area contributed by atoms with Crippen LogP contribution in [0.3, 0.4) is 0 Å². The number of ether oxygens (including phenoxy) is 2. The average Bonchev–Trinajstić information content (AvgIpc) is 2.67. The molecule has 144 valence electrons. The van der Waals surface area contributed by atoms with E-state index in [1.54, 1.807) is 6.07 Å². The van der Waals surface area contributed by atoms with Gasteiger partial charge in [0.1, 0.15) is 12.4 Å². The molecule has 0 radical (unpaired) electrons. The molecule has 27 heavy (non-hydrogen) atoms. The molecule has 2 aromatic carbocycles. The van der Waals surface area contributed by atoms with Gasteiger partial charge in [0.05, 0.1) is 23.7 Å². The zero-order chi connectivity index (χ0) is 19.4. The zero-order valence-corrected chi connectivity index (χ0v) is 16.6. The fourth-order valence-electron chi connectivity index (χ4n) is 2.61.